The van der Waals surface area contributed by atoms with Crippen molar-refractivity contribution in [2.75, 3.05) is 25.2 Å². The number of methoxy groups -OCH3 is 1. The molecule has 0 radical (unpaired) electrons. The lowest BCUT2D eigenvalue weighted by Gasteiger charge is -2.17. The van der Waals surface area contributed by atoms with Gasteiger partial charge in [0.15, 0.2) is 5.75 Å². The van der Waals surface area contributed by atoms with Gasteiger partial charge in [-0.15, -0.1) is 11.8 Å². The fourth-order valence-corrected chi connectivity index (χ4v) is 2.81. The number of carbonyl (C=O) groups excluding carboxylic acids is 1. The number of para-hydroxylation sites is 1. The van der Waals surface area contributed by atoms with Crippen molar-refractivity contribution in [1.82, 2.24) is 0 Å². The number of thioether (sulfide) groups is 1. The molecule has 5 heteroatoms. The molecule has 2 aromatic carbocycles. The quantitative estimate of drug-likeness (QED) is 0.405. The monoisotopic (exact) mass is 345 g/mol. The zero-order valence-electron chi connectivity index (χ0n) is 14.3. The second kappa shape index (κ2) is 9.23. The van der Waals surface area contributed by atoms with Crippen molar-refractivity contribution in [3.8, 4) is 11.5 Å². The van der Waals surface area contributed by atoms with E-state index in [1.807, 2.05) is 36.6 Å². The minimum atomic E-state index is -0.352. The first kappa shape index (κ1) is 18.2. The van der Waals surface area contributed by atoms with Crippen LogP contribution in [-0.2, 0) is 4.74 Å². The molecule has 1 N–H and O–H groups in total. The predicted octanol–water partition coefficient (Wildman–Crippen LogP) is 5.20. The Morgan fingerprint density at radius 1 is 1.21 bits per heavy atom. The third kappa shape index (κ3) is 4.68. The van der Waals surface area contributed by atoms with Crippen LogP contribution < -0.4 is 10.1 Å². The number of rotatable bonds is 8. The van der Waals surface area contributed by atoms with Gasteiger partial charge < -0.3 is 14.8 Å². The first-order valence-electron chi connectivity index (χ1n) is 7.96. The number of unbranched alkanes of at least 4 members (excludes halogenated alkanes) is 1. The molecule has 0 aromatic heterocycles. The van der Waals surface area contributed by atoms with Gasteiger partial charge in [-0.25, -0.2) is 4.79 Å². The van der Waals surface area contributed by atoms with Gasteiger partial charge in [0.2, 0.25) is 0 Å². The van der Waals surface area contributed by atoms with Gasteiger partial charge in [0.05, 0.1) is 23.3 Å². The van der Waals surface area contributed by atoms with Crippen molar-refractivity contribution in [2.45, 2.75) is 24.7 Å². The molecule has 2 aromatic rings. The van der Waals surface area contributed by atoms with Gasteiger partial charge in [-0.3, -0.25) is 0 Å². The van der Waals surface area contributed by atoms with Crippen LogP contribution in [0.15, 0.2) is 47.4 Å². The van der Waals surface area contributed by atoms with Gasteiger partial charge in [-0.05, 0) is 36.9 Å². The molecule has 0 aliphatic heterocycles. The van der Waals surface area contributed by atoms with Gasteiger partial charge in [-0.1, -0.05) is 31.5 Å². The molecule has 4 nitrogen and oxygen atoms in total. The van der Waals surface area contributed by atoms with Crippen molar-refractivity contribution >= 4 is 23.4 Å². The largest absolute Gasteiger partial charge is 0.465 e. The highest BCUT2D eigenvalue weighted by Crippen LogP contribution is 2.39. The van der Waals surface area contributed by atoms with Crippen LogP contribution in [0.4, 0.5) is 5.69 Å². The lowest BCUT2D eigenvalue weighted by Crippen LogP contribution is -2.07. The standard InChI is InChI=1S/C19H23NO3S/c1-4-5-11-20-16-12-14(19(21)22-2)13-17(24-3)18(16)23-15-9-7-6-8-10-15/h6-10,12-13,20H,4-5,11H2,1-3H3. The molecule has 128 valence electrons. The molecule has 0 unspecified atom stereocenters. The highest BCUT2D eigenvalue weighted by atomic mass is 32.2. The fraction of sp³-hybridized carbons (Fsp3) is 0.316. The number of anilines is 1. The molecule has 0 atom stereocenters. The molecule has 2 rings (SSSR count). The second-order valence-electron chi connectivity index (χ2n) is 5.24. The van der Waals surface area contributed by atoms with Gasteiger partial charge in [0.25, 0.3) is 0 Å². The van der Waals surface area contributed by atoms with E-state index in [2.05, 4.69) is 12.2 Å². The topological polar surface area (TPSA) is 47.6 Å². The maximum atomic E-state index is 11.9. The Labute approximate surface area is 147 Å². The van der Waals surface area contributed by atoms with Crippen LogP contribution in [0.2, 0.25) is 0 Å². The molecule has 0 fully saturated rings. The number of nitrogens with one attached hydrogen (secondary N) is 1. The van der Waals surface area contributed by atoms with E-state index in [4.69, 9.17) is 9.47 Å². The summed E-state index contributed by atoms with van der Waals surface area (Å²) in [6, 6.07) is 13.2. The molecule has 0 aliphatic carbocycles. The summed E-state index contributed by atoms with van der Waals surface area (Å²) in [6.45, 7) is 2.96. The fourth-order valence-electron chi connectivity index (χ4n) is 2.23. The van der Waals surface area contributed by atoms with Gasteiger partial charge >= 0.3 is 5.97 Å². The predicted molar refractivity (Wildman–Crippen MR) is 99.5 cm³/mol. The third-order valence-corrected chi connectivity index (χ3v) is 4.25. The minimum Gasteiger partial charge on any atom is -0.465 e. The van der Waals surface area contributed by atoms with E-state index >= 15 is 0 Å². The zero-order chi connectivity index (χ0) is 17.4. The maximum absolute atomic E-state index is 11.9. The van der Waals surface area contributed by atoms with Crippen LogP contribution in [0.5, 0.6) is 11.5 Å². The molecule has 0 aliphatic rings. The molecular formula is C19H23NO3S. The van der Waals surface area contributed by atoms with Crippen LogP contribution in [0, 0.1) is 0 Å². The lowest BCUT2D eigenvalue weighted by molar-refractivity contribution is 0.0600. The Hall–Kier alpha value is -2.14. The van der Waals surface area contributed by atoms with Crippen LogP contribution in [0.1, 0.15) is 30.1 Å². The number of esters is 1. The van der Waals surface area contributed by atoms with E-state index in [0.29, 0.717) is 5.56 Å². The average Bonchev–Trinajstić information content (AvgIpc) is 2.63. The van der Waals surface area contributed by atoms with Crippen molar-refractivity contribution in [3.63, 3.8) is 0 Å². The summed E-state index contributed by atoms with van der Waals surface area (Å²) in [5.74, 6) is 1.14. The van der Waals surface area contributed by atoms with Gasteiger partial charge in [0.1, 0.15) is 5.75 Å². The van der Waals surface area contributed by atoms with Crippen LogP contribution in [0.25, 0.3) is 0 Å². The summed E-state index contributed by atoms with van der Waals surface area (Å²) in [4.78, 5) is 12.8. The Bertz CT molecular complexity index is 674. The van der Waals surface area contributed by atoms with Crippen molar-refractivity contribution < 1.29 is 14.3 Å². The molecule has 0 saturated heterocycles. The van der Waals surface area contributed by atoms with Crippen LogP contribution >= 0.6 is 11.8 Å². The van der Waals surface area contributed by atoms with Crippen molar-refractivity contribution in [2.24, 2.45) is 0 Å². The Kier molecular flexibility index (Phi) is 7.00. The highest BCUT2D eigenvalue weighted by molar-refractivity contribution is 7.98. The van der Waals surface area contributed by atoms with Crippen LogP contribution in [0.3, 0.4) is 0 Å². The van der Waals surface area contributed by atoms with E-state index in [9.17, 15) is 4.79 Å². The van der Waals surface area contributed by atoms with E-state index in [1.54, 1.807) is 12.1 Å². The molecule has 0 heterocycles. The zero-order valence-corrected chi connectivity index (χ0v) is 15.1. The van der Waals surface area contributed by atoms with Gasteiger partial charge in [-0.2, -0.15) is 0 Å². The summed E-state index contributed by atoms with van der Waals surface area (Å²) in [5.41, 5.74) is 1.32. The van der Waals surface area contributed by atoms with E-state index in [-0.39, 0.29) is 5.97 Å². The lowest BCUT2D eigenvalue weighted by atomic mass is 10.1. The smallest absolute Gasteiger partial charge is 0.337 e. The molecule has 0 spiro atoms. The second-order valence-corrected chi connectivity index (χ2v) is 6.09. The average molecular weight is 345 g/mol. The summed E-state index contributed by atoms with van der Waals surface area (Å²) < 4.78 is 11.0. The molecule has 24 heavy (non-hydrogen) atoms. The first-order valence-corrected chi connectivity index (χ1v) is 9.19. The number of hydrogen-bond acceptors (Lipinski definition) is 5. The molecule has 0 saturated carbocycles. The normalized spacial score (nSPS) is 10.3. The highest BCUT2D eigenvalue weighted by Gasteiger charge is 2.17. The third-order valence-electron chi connectivity index (χ3n) is 3.50. The first-order chi connectivity index (χ1) is 11.7. The summed E-state index contributed by atoms with van der Waals surface area (Å²) in [5, 5.41) is 3.38. The molecule has 0 bridgehead atoms. The Morgan fingerprint density at radius 2 is 1.96 bits per heavy atom. The van der Waals surface area contributed by atoms with E-state index in [0.717, 1.165) is 41.5 Å². The Balaban J connectivity index is 2.42. The van der Waals surface area contributed by atoms with Crippen LogP contribution in [-0.4, -0.2) is 25.9 Å². The SMILES string of the molecule is CCCCNc1cc(C(=O)OC)cc(SC)c1Oc1ccccc1. The van der Waals surface area contributed by atoms with E-state index < -0.39 is 0 Å². The van der Waals surface area contributed by atoms with Crippen molar-refractivity contribution in [3.05, 3.63) is 48.0 Å². The number of benzene rings is 2. The maximum Gasteiger partial charge on any atom is 0.337 e. The number of carbonyl (C=O) groups is 1. The molecular weight excluding hydrogens is 322 g/mol. The van der Waals surface area contributed by atoms with Crippen molar-refractivity contribution in [1.29, 1.82) is 0 Å². The minimum absolute atomic E-state index is 0.352. The summed E-state index contributed by atoms with van der Waals surface area (Å²) >= 11 is 1.54. The summed E-state index contributed by atoms with van der Waals surface area (Å²) in [7, 11) is 1.39. The Morgan fingerprint density at radius 3 is 2.58 bits per heavy atom. The van der Waals surface area contributed by atoms with Gasteiger partial charge in [0, 0.05) is 6.54 Å². The molecule has 0 amide bonds. The number of ether oxygens (including phenoxy) is 2. The summed E-state index contributed by atoms with van der Waals surface area (Å²) in [6.07, 6.45) is 4.10. The number of hydrogen-bond donors (Lipinski definition) is 1. The van der Waals surface area contributed by atoms with E-state index in [1.165, 1.54) is 18.9 Å².